The maximum atomic E-state index is 12.6. The summed E-state index contributed by atoms with van der Waals surface area (Å²) in [7, 11) is 0. The van der Waals surface area contributed by atoms with Gasteiger partial charge in [0.1, 0.15) is 13.1 Å². The second-order valence-corrected chi connectivity index (χ2v) is 6.83. The highest BCUT2D eigenvalue weighted by molar-refractivity contribution is 5.97. The number of esters is 2. The first-order valence-corrected chi connectivity index (χ1v) is 8.62. The molecule has 1 unspecified atom stereocenters. The Labute approximate surface area is 145 Å². The highest BCUT2D eigenvalue weighted by Crippen LogP contribution is 2.35. The molecule has 0 aromatic carbocycles. The fourth-order valence-corrected chi connectivity index (χ4v) is 3.88. The zero-order chi connectivity index (χ0) is 18.0. The molecule has 1 aromatic rings. The first kappa shape index (κ1) is 17.6. The number of aromatic nitrogens is 1. The summed E-state index contributed by atoms with van der Waals surface area (Å²) in [5.41, 5.74) is 0.000317. The molecule has 4 heterocycles. The molecule has 0 N–H and O–H groups in total. The minimum Gasteiger partial charge on any atom is -0.461 e. The normalized spacial score (nSPS) is 27.8. The molecule has 0 radical (unpaired) electrons. The van der Waals surface area contributed by atoms with E-state index in [1.807, 2.05) is 0 Å². The number of Topliss-reactive ketones (excluding diaryl/α,β-unsaturated/α-hetero) is 1. The molecule has 3 fully saturated rings. The number of nitrogens with zero attached hydrogens (tertiary/aromatic N) is 2. The zero-order valence-electron chi connectivity index (χ0n) is 14.5. The van der Waals surface area contributed by atoms with Gasteiger partial charge in [-0.25, -0.2) is 4.79 Å². The molecular formula is C17H23N2O6+. The van der Waals surface area contributed by atoms with Crippen molar-refractivity contribution in [3.05, 3.63) is 17.5 Å². The molecule has 136 valence electrons. The molecule has 4 rings (SSSR count). The van der Waals surface area contributed by atoms with Gasteiger partial charge in [0, 0.05) is 31.7 Å². The number of carbonyl (C=O) groups is 3. The predicted molar refractivity (Wildman–Crippen MR) is 84.8 cm³/mol. The van der Waals surface area contributed by atoms with Crippen LogP contribution in [-0.4, -0.2) is 66.3 Å². The number of quaternary nitrogens is 1. The van der Waals surface area contributed by atoms with Crippen LogP contribution in [0.5, 0.6) is 0 Å². The van der Waals surface area contributed by atoms with E-state index in [0.717, 1.165) is 25.9 Å². The van der Waals surface area contributed by atoms with Crippen LogP contribution >= 0.6 is 0 Å². The summed E-state index contributed by atoms with van der Waals surface area (Å²) in [4.78, 5) is 35.5. The maximum Gasteiger partial charge on any atom is 0.360 e. The Morgan fingerprint density at radius 2 is 2.04 bits per heavy atom. The molecule has 0 saturated carbocycles. The van der Waals surface area contributed by atoms with Crippen LogP contribution in [-0.2, 0) is 14.3 Å². The number of fused-ring (bicyclic) bond motifs is 3. The third-order valence-electron chi connectivity index (χ3n) is 5.11. The molecule has 2 bridgehead atoms. The number of hydrogen-bond donors (Lipinski definition) is 0. The number of rotatable bonds is 6. The quantitative estimate of drug-likeness (QED) is 0.432. The molecule has 0 aliphatic carbocycles. The molecule has 8 nitrogen and oxygen atoms in total. The Morgan fingerprint density at radius 3 is 2.68 bits per heavy atom. The third-order valence-corrected chi connectivity index (χ3v) is 5.11. The van der Waals surface area contributed by atoms with Crippen molar-refractivity contribution < 1.29 is 32.9 Å². The number of hydrogen-bond acceptors (Lipinski definition) is 7. The Morgan fingerprint density at radius 1 is 1.32 bits per heavy atom. The topological polar surface area (TPSA) is 95.7 Å². The summed E-state index contributed by atoms with van der Waals surface area (Å²) in [5, 5.41) is 3.61. The highest BCUT2D eigenvalue weighted by atomic mass is 16.5. The highest BCUT2D eigenvalue weighted by Gasteiger charge is 2.48. The molecule has 25 heavy (non-hydrogen) atoms. The molecule has 0 spiro atoms. The van der Waals surface area contributed by atoms with E-state index >= 15 is 0 Å². The lowest BCUT2D eigenvalue weighted by Crippen LogP contribution is -2.65. The van der Waals surface area contributed by atoms with Gasteiger partial charge in [-0.05, 0) is 6.92 Å². The van der Waals surface area contributed by atoms with Crippen molar-refractivity contribution in [2.24, 2.45) is 5.92 Å². The summed E-state index contributed by atoms with van der Waals surface area (Å²) in [6, 6.07) is 1.33. The van der Waals surface area contributed by atoms with Crippen LogP contribution in [0.25, 0.3) is 0 Å². The van der Waals surface area contributed by atoms with Crippen LogP contribution in [0.1, 0.15) is 47.7 Å². The van der Waals surface area contributed by atoms with Crippen molar-refractivity contribution in [3.8, 4) is 0 Å². The monoisotopic (exact) mass is 351 g/mol. The van der Waals surface area contributed by atoms with E-state index < -0.39 is 5.97 Å². The van der Waals surface area contributed by atoms with Gasteiger partial charge < -0.3 is 18.5 Å². The summed E-state index contributed by atoms with van der Waals surface area (Å²) in [6.45, 7) is 6.00. The lowest BCUT2D eigenvalue weighted by molar-refractivity contribution is -0.938. The van der Waals surface area contributed by atoms with Crippen LogP contribution < -0.4 is 0 Å². The van der Waals surface area contributed by atoms with Gasteiger partial charge in [-0.15, -0.1) is 0 Å². The standard InChI is InChI=1S/C17H23N2O6/c1-3-23-17(22)13-8-15(25-18-13)14(21)9-19-6-4-12(5-7-19)16(10-19)24-11(2)20/h8,12,16H,3-7,9-10H2,1-2H3/q+1. The average molecular weight is 351 g/mol. The van der Waals surface area contributed by atoms with Crippen molar-refractivity contribution in [2.45, 2.75) is 32.8 Å². The van der Waals surface area contributed by atoms with Crippen LogP contribution in [0.3, 0.4) is 0 Å². The fourth-order valence-electron chi connectivity index (χ4n) is 3.88. The van der Waals surface area contributed by atoms with E-state index in [0.29, 0.717) is 16.9 Å². The largest absolute Gasteiger partial charge is 0.461 e. The summed E-state index contributed by atoms with van der Waals surface area (Å²) in [6.07, 6.45) is 1.75. The second kappa shape index (κ2) is 6.95. The third kappa shape index (κ3) is 3.73. The summed E-state index contributed by atoms with van der Waals surface area (Å²) in [5.74, 6) is -0.638. The van der Waals surface area contributed by atoms with Gasteiger partial charge in [0.2, 0.25) is 5.76 Å². The molecule has 1 atom stereocenters. The zero-order valence-corrected chi connectivity index (χ0v) is 14.5. The molecule has 3 saturated heterocycles. The van der Waals surface area contributed by atoms with Gasteiger partial charge in [-0.3, -0.25) is 9.59 Å². The summed E-state index contributed by atoms with van der Waals surface area (Å²) < 4.78 is 15.9. The minimum atomic E-state index is -0.606. The van der Waals surface area contributed by atoms with Crippen LogP contribution in [0.4, 0.5) is 0 Å². The Bertz CT molecular complexity index is 674. The van der Waals surface area contributed by atoms with E-state index in [1.165, 1.54) is 13.0 Å². The average Bonchev–Trinajstić information content (AvgIpc) is 3.05. The van der Waals surface area contributed by atoms with Gasteiger partial charge in [0.25, 0.3) is 5.78 Å². The lowest BCUT2D eigenvalue weighted by atomic mass is 9.83. The van der Waals surface area contributed by atoms with Crippen LogP contribution in [0, 0.1) is 5.92 Å². The first-order valence-electron chi connectivity index (χ1n) is 8.62. The van der Waals surface area contributed by atoms with Gasteiger partial charge in [-0.1, -0.05) is 5.16 Å². The second-order valence-electron chi connectivity index (χ2n) is 6.83. The van der Waals surface area contributed by atoms with E-state index in [1.54, 1.807) is 6.92 Å². The number of piperidine rings is 3. The Kier molecular flexibility index (Phi) is 4.89. The smallest absolute Gasteiger partial charge is 0.360 e. The maximum absolute atomic E-state index is 12.6. The van der Waals surface area contributed by atoms with Crippen molar-refractivity contribution in [3.63, 3.8) is 0 Å². The van der Waals surface area contributed by atoms with E-state index in [-0.39, 0.29) is 42.5 Å². The van der Waals surface area contributed by atoms with Crippen LogP contribution in [0.15, 0.2) is 10.6 Å². The Balaban J connectivity index is 1.68. The predicted octanol–water partition coefficient (Wildman–Crippen LogP) is 1.21. The van der Waals surface area contributed by atoms with Crippen molar-refractivity contribution in [1.29, 1.82) is 0 Å². The van der Waals surface area contributed by atoms with Gasteiger partial charge in [-0.2, -0.15) is 0 Å². The molecular weight excluding hydrogens is 328 g/mol. The van der Waals surface area contributed by atoms with Gasteiger partial charge in [0.15, 0.2) is 11.8 Å². The molecule has 8 heteroatoms. The fraction of sp³-hybridized carbons (Fsp3) is 0.647. The first-order chi connectivity index (χ1) is 11.9. The molecule has 3 aliphatic heterocycles. The van der Waals surface area contributed by atoms with E-state index in [4.69, 9.17) is 14.0 Å². The van der Waals surface area contributed by atoms with Gasteiger partial charge in [0.05, 0.1) is 19.7 Å². The van der Waals surface area contributed by atoms with E-state index in [9.17, 15) is 14.4 Å². The van der Waals surface area contributed by atoms with Crippen molar-refractivity contribution >= 4 is 17.7 Å². The van der Waals surface area contributed by atoms with Crippen molar-refractivity contribution in [1.82, 2.24) is 5.16 Å². The molecule has 3 aliphatic rings. The Hall–Kier alpha value is -2.22. The van der Waals surface area contributed by atoms with Crippen LogP contribution in [0.2, 0.25) is 0 Å². The molecule has 1 aromatic heterocycles. The SMILES string of the molecule is CCOC(=O)c1cc(C(=O)C[N+]23CCC(CC2)C(OC(C)=O)C3)on1. The number of ketones is 1. The lowest BCUT2D eigenvalue weighted by Gasteiger charge is -2.51. The minimum absolute atomic E-state index is 0.000317. The number of carbonyl (C=O) groups excluding carboxylic acids is 3. The number of ether oxygens (including phenoxy) is 2. The summed E-state index contributed by atoms with van der Waals surface area (Å²) >= 11 is 0. The van der Waals surface area contributed by atoms with Crippen molar-refractivity contribution in [2.75, 3.05) is 32.8 Å². The molecule has 0 amide bonds. The van der Waals surface area contributed by atoms with Gasteiger partial charge >= 0.3 is 11.9 Å². The van der Waals surface area contributed by atoms with E-state index in [2.05, 4.69) is 5.16 Å².